The minimum absolute atomic E-state index is 0.255. The molecule has 0 bridgehead atoms. The largest absolute Gasteiger partial charge is 0.495 e. The van der Waals surface area contributed by atoms with Gasteiger partial charge in [0.2, 0.25) is 0 Å². The van der Waals surface area contributed by atoms with Gasteiger partial charge in [0.25, 0.3) is 0 Å². The van der Waals surface area contributed by atoms with E-state index < -0.39 is 0 Å². The maximum absolute atomic E-state index is 13.2. The van der Waals surface area contributed by atoms with Crippen LogP contribution in [0.1, 0.15) is 16.7 Å². The summed E-state index contributed by atoms with van der Waals surface area (Å²) in [5.74, 6) is 0.304. The summed E-state index contributed by atoms with van der Waals surface area (Å²) in [5, 5.41) is 12.2. The molecule has 0 amide bonds. The van der Waals surface area contributed by atoms with Crippen LogP contribution in [0.15, 0.2) is 40.9 Å². The first-order chi connectivity index (χ1) is 10.1. The molecule has 0 saturated carbocycles. The van der Waals surface area contributed by atoms with E-state index in [2.05, 4.69) is 27.3 Å². The summed E-state index contributed by atoms with van der Waals surface area (Å²) in [7, 11) is 1.54. The average molecular weight is 349 g/mol. The minimum Gasteiger partial charge on any atom is -0.495 e. The molecular weight excluding hydrogens is 335 g/mol. The van der Waals surface area contributed by atoms with E-state index in [0.29, 0.717) is 24.4 Å². The van der Waals surface area contributed by atoms with E-state index in [1.54, 1.807) is 12.1 Å². The molecule has 0 aliphatic carbocycles. The van der Waals surface area contributed by atoms with Crippen LogP contribution in [0.25, 0.3) is 0 Å². The Hall–Kier alpha value is -1.90. The topological polar surface area (TPSA) is 45.0 Å². The smallest absolute Gasteiger partial charge is 0.136 e. The molecule has 2 aromatic carbocycles. The van der Waals surface area contributed by atoms with E-state index in [9.17, 15) is 4.39 Å². The van der Waals surface area contributed by atoms with Gasteiger partial charge in [-0.2, -0.15) is 5.26 Å². The Balaban J connectivity index is 2.00. The first-order valence-electron chi connectivity index (χ1n) is 6.35. The fourth-order valence-corrected chi connectivity index (χ4v) is 2.35. The van der Waals surface area contributed by atoms with Crippen molar-refractivity contribution < 1.29 is 9.13 Å². The summed E-state index contributed by atoms with van der Waals surface area (Å²) in [5.41, 5.74) is 2.36. The normalized spacial score (nSPS) is 10.2. The lowest BCUT2D eigenvalue weighted by Gasteiger charge is -2.09. The lowest BCUT2D eigenvalue weighted by atomic mass is 10.1. The third-order valence-corrected chi connectivity index (χ3v) is 3.81. The highest BCUT2D eigenvalue weighted by molar-refractivity contribution is 9.10. The van der Waals surface area contributed by atoms with Crippen LogP contribution in [0.5, 0.6) is 5.75 Å². The number of nitrogens with zero attached hydrogens (tertiary/aromatic N) is 1. The van der Waals surface area contributed by atoms with Gasteiger partial charge in [-0.15, -0.1) is 0 Å². The van der Waals surface area contributed by atoms with Crippen molar-refractivity contribution in [3.63, 3.8) is 0 Å². The summed E-state index contributed by atoms with van der Waals surface area (Å²) in [6.45, 7) is 1.14. The average Bonchev–Trinajstić information content (AvgIpc) is 2.50. The van der Waals surface area contributed by atoms with Crippen LogP contribution < -0.4 is 10.1 Å². The lowest BCUT2D eigenvalue weighted by molar-refractivity contribution is 0.412. The Kier molecular flexibility index (Phi) is 5.32. The van der Waals surface area contributed by atoms with E-state index in [4.69, 9.17) is 10.00 Å². The van der Waals surface area contributed by atoms with Crippen molar-refractivity contribution >= 4 is 15.9 Å². The number of nitrogens with one attached hydrogen (secondary N) is 1. The first-order valence-corrected chi connectivity index (χ1v) is 7.15. The number of nitriles is 1. The summed E-state index contributed by atoms with van der Waals surface area (Å²) >= 11 is 3.40. The first kappa shape index (κ1) is 15.5. The van der Waals surface area contributed by atoms with Gasteiger partial charge in [-0.1, -0.05) is 22.0 Å². The third kappa shape index (κ3) is 4.03. The predicted molar refractivity (Wildman–Crippen MR) is 82.4 cm³/mol. The molecule has 0 atom stereocenters. The molecule has 2 rings (SSSR count). The molecule has 0 aliphatic rings. The number of hydrogen-bond donors (Lipinski definition) is 1. The minimum atomic E-state index is -0.255. The molecule has 0 spiro atoms. The molecule has 2 aromatic rings. The van der Waals surface area contributed by atoms with Crippen LogP contribution >= 0.6 is 15.9 Å². The monoisotopic (exact) mass is 348 g/mol. The quantitative estimate of drug-likeness (QED) is 0.894. The van der Waals surface area contributed by atoms with Crippen molar-refractivity contribution in [1.29, 1.82) is 5.26 Å². The van der Waals surface area contributed by atoms with Gasteiger partial charge >= 0.3 is 0 Å². The van der Waals surface area contributed by atoms with Gasteiger partial charge in [-0.05, 0) is 41.5 Å². The molecule has 0 unspecified atom stereocenters. The van der Waals surface area contributed by atoms with Crippen molar-refractivity contribution in [2.75, 3.05) is 7.11 Å². The van der Waals surface area contributed by atoms with Gasteiger partial charge in [0.05, 0.1) is 12.7 Å². The zero-order chi connectivity index (χ0) is 15.2. The number of benzene rings is 2. The summed E-state index contributed by atoms with van der Waals surface area (Å²) in [6.07, 6.45) is 0. The van der Waals surface area contributed by atoms with Gasteiger partial charge in [0.15, 0.2) is 0 Å². The van der Waals surface area contributed by atoms with Crippen LogP contribution in [0.2, 0.25) is 0 Å². The molecule has 21 heavy (non-hydrogen) atoms. The second-order valence-electron chi connectivity index (χ2n) is 4.49. The number of hydrogen-bond acceptors (Lipinski definition) is 3. The van der Waals surface area contributed by atoms with Crippen molar-refractivity contribution in [2.24, 2.45) is 0 Å². The molecule has 0 saturated heterocycles. The molecule has 0 radical (unpaired) electrons. The van der Waals surface area contributed by atoms with Gasteiger partial charge in [0, 0.05) is 17.6 Å². The SMILES string of the molecule is COc1cc(CNCc2cc(F)ccc2Br)ccc1C#N. The molecule has 0 heterocycles. The van der Waals surface area contributed by atoms with Gasteiger partial charge < -0.3 is 10.1 Å². The molecule has 5 heteroatoms. The highest BCUT2D eigenvalue weighted by atomic mass is 79.9. The lowest BCUT2D eigenvalue weighted by Crippen LogP contribution is -2.13. The molecule has 0 aromatic heterocycles. The number of halogens is 2. The predicted octanol–water partition coefficient (Wildman–Crippen LogP) is 3.76. The standard InChI is InChI=1S/C16H14BrFN2O/c1-21-16-6-11(2-3-12(16)8-19)9-20-10-13-7-14(18)4-5-15(13)17/h2-7,20H,9-10H2,1H3. The Labute approximate surface area is 131 Å². The second kappa shape index (κ2) is 7.21. The van der Waals surface area contributed by atoms with E-state index in [1.165, 1.54) is 19.2 Å². The van der Waals surface area contributed by atoms with Crippen molar-refractivity contribution in [3.05, 3.63) is 63.4 Å². The third-order valence-electron chi connectivity index (χ3n) is 3.04. The Morgan fingerprint density at radius 3 is 2.76 bits per heavy atom. The molecule has 1 N–H and O–H groups in total. The highest BCUT2D eigenvalue weighted by Gasteiger charge is 2.05. The Morgan fingerprint density at radius 1 is 1.24 bits per heavy atom. The molecule has 3 nitrogen and oxygen atoms in total. The van der Waals surface area contributed by atoms with Crippen LogP contribution in [0.4, 0.5) is 4.39 Å². The second-order valence-corrected chi connectivity index (χ2v) is 5.34. The van der Waals surface area contributed by atoms with Crippen LogP contribution in [0.3, 0.4) is 0 Å². The van der Waals surface area contributed by atoms with Crippen molar-refractivity contribution in [1.82, 2.24) is 5.32 Å². The zero-order valence-corrected chi connectivity index (χ0v) is 13.1. The van der Waals surface area contributed by atoms with E-state index in [0.717, 1.165) is 15.6 Å². The summed E-state index contributed by atoms with van der Waals surface area (Å²) < 4.78 is 19.2. The summed E-state index contributed by atoms with van der Waals surface area (Å²) in [4.78, 5) is 0. The van der Waals surface area contributed by atoms with Crippen LogP contribution in [-0.2, 0) is 13.1 Å². The maximum atomic E-state index is 13.2. The zero-order valence-electron chi connectivity index (χ0n) is 11.5. The Morgan fingerprint density at radius 2 is 2.05 bits per heavy atom. The highest BCUT2D eigenvalue weighted by Crippen LogP contribution is 2.20. The fourth-order valence-electron chi connectivity index (χ4n) is 1.96. The van der Waals surface area contributed by atoms with Crippen molar-refractivity contribution in [2.45, 2.75) is 13.1 Å². The fraction of sp³-hybridized carbons (Fsp3) is 0.188. The van der Waals surface area contributed by atoms with E-state index >= 15 is 0 Å². The van der Waals surface area contributed by atoms with E-state index in [1.807, 2.05) is 12.1 Å². The van der Waals surface area contributed by atoms with Crippen LogP contribution in [-0.4, -0.2) is 7.11 Å². The molecule has 0 fully saturated rings. The van der Waals surface area contributed by atoms with Gasteiger partial charge in [-0.3, -0.25) is 0 Å². The van der Waals surface area contributed by atoms with Crippen LogP contribution in [0, 0.1) is 17.1 Å². The van der Waals surface area contributed by atoms with E-state index in [-0.39, 0.29) is 5.82 Å². The van der Waals surface area contributed by atoms with Gasteiger partial charge in [0.1, 0.15) is 17.6 Å². The van der Waals surface area contributed by atoms with Gasteiger partial charge in [-0.25, -0.2) is 4.39 Å². The number of ether oxygens (including phenoxy) is 1. The maximum Gasteiger partial charge on any atom is 0.136 e. The Bertz CT molecular complexity index is 682. The summed E-state index contributed by atoms with van der Waals surface area (Å²) in [6, 6.07) is 12.1. The van der Waals surface area contributed by atoms with Crippen molar-refractivity contribution in [3.8, 4) is 11.8 Å². The number of methoxy groups -OCH3 is 1. The molecular formula is C16H14BrFN2O. The molecule has 0 aliphatic heterocycles. The number of rotatable bonds is 5. The molecule has 108 valence electrons.